The van der Waals surface area contributed by atoms with Crippen molar-refractivity contribution in [2.75, 3.05) is 0 Å². The maximum absolute atomic E-state index is 6.66. The number of hydrogen-bond acceptors (Lipinski definition) is 2. The summed E-state index contributed by atoms with van der Waals surface area (Å²) in [5, 5.41) is 0.479. The van der Waals surface area contributed by atoms with E-state index in [9.17, 15) is 0 Å². The molecule has 5 nitrogen and oxygen atoms in total. The topological polar surface area (TPSA) is 37.4 Å². The van der Waals surface area contributed by atoms with E-state index in [0.29, 0.717) is 22.6 Å². The summed E-state index contributed by atoms with van der Waals surface area (Å²) in [6, 6.07) is 17.5. The Morgan fingerprint density at radius 1 is 0.520 bits per heavy atom. The van der Waals surface area contributed by atoms with E-state index >= 15 is 0 Å². The summed E-state index contributed by atoms with van der Waals surface area (Å²) in [4.78, 5) is 9.34. The van der Waals surface area contributed by atoms with Crippen molar-refractivity contribution < 1.29 is 13.7 Å². The SMILES string of the molecule is Clc1c(-[n+]2ccccc2)nc(-[n+]2ccccc2)nc1-[n+]1ccccc1. The standard InChI is InChI=1S/C19H15ClN5/c20-16-17(23-10-4-1-5-11-23)21-19(25-14-8-3-9-15-25)22-18(16)24-12-6-2-7-13-24/h1-15H/q+3. The van der Waals surface area contributed by atoms with E-state index in [0.717, 1.165) is 0 Å². The van der Waals surface area contributed by atoms with Crippen LogP contribution in [0.15, 0.2) is 91.8 Å². The minimum atomic E-state index is 0.479. The molecule has 4 aromatic heterocycles. The van der Waals surface area contributed by atoms with Crippen LogP contribution >= 0.6 is 11.6 Å². The fourth-order valence-electron chi connectivity index (χ4n) is 2.48. The van der Waals surface area contributed by atoms with Gasteiger partial charge in [-0.3, -0.25) is 0 Å². The van der Waals surface area contributed by atoms with E-state index in [4.69, 9.17) is 11.6 Å². The van der Waals surface area contributed by atoms with E-state index in [1.54, 1.807) is 0 Å². The zero-order valence-corrected chi connectivity index (χ0v) is 14.0. The number of halogens is 1. The first-order valence-corrected chi connectivity index (χ1v) is 8.18. The quantitative estimate of drug-likeness (QED) is 0.531. The summed E-state index contributed by atoms with van der Waals surface area (Å²) in [5.74, 6) is 1.78. The molecule has 120 valence electrons. The summed E-state index contributed by atoms with van der Waals surface area (Å²) in [7, 11) is 0. The van der Waals surface area contributed by atoms with Crippen molar-refractivity contribution in [3.8, 4) is 17.6 Å². The van der Waals surface area contributed by atoms with Crippen LogP contribution in [0.2, 0.25) is 5.02 Å². The van der Waals surface area contributed by atoms with Crippen LogP contribution in [-0.2, 0) is 0 Å². The smallest absolute Gasteiger partial charge is 0.209 e. The monoisotopic (exact) mass is 348 g/mol. The number of nitrogens with zero attached hydrogens (tertiary/aromatic N) is 5. The van der Waals surface area contributed by atoms with Gasteiger partial charge in [0.2, 0.25) is 5.02 Å². The van der Waals surface area contributed by atoms with Gasteiger partial charge in [-0.1, -0.05) is 29.8 Å². The first-order chi connectivity index (χ1) is 12.3. The Labute approximate surface area is 150 Å². The van der Waals surface area contributed by atoms with Crippen molar-refractivity contribution in [1.82, 2.24) is 9.97 Å². The summed E-state index contributed by atoms with van der Waals surface area (Å²) in [6.07, 6.45) is 11.4. The van der Waals surface area contributed by atoms with Gasteiger partial charge in [0.1, 0.15) is 0 Å². The Bertz CT molecular complexity index is 931. The van der Waals surface area contributed by atoms with Crippen molar-refractivity contribution in [2.24, 2.45) is 0 Å². The molecule has 0 unspecified atom stereocenters. The number of hydrogen-bond donors (Lipinski definition) is 0. The summed E-state index contributed by atoms with van der Waals surface area (Å²) < 4.78 is 5.62. The molecular weight excluding hydrogens is 334 g/mol. The largest absolute Gasteiger partial charge is 0.481 e. The molecule has 4 heterocycles. The zero-order valence-electron chi connectivity index (χ0n) is 13.3. The van der Waals surface area contributed by atoms with Gasteiger partial charge in [0.25, 0.3) is 0 Å². The highest BCUT2D eigenvalue weighted by Gasteiger charge is 2.30. The van der Waals surface area contributed by atoms with E-state index in [1.165, 1.54) is 0 Å². The molecule has 4 rings (SSSR count). The fraction of sp³-hybridized carbons (Fsp3) is 0. The average molecular weight is 349 g/mol. The fourth-order valence-corrected chi connectivity index (χ4v) is 2.76. The number of aromatic nitrogens is 5. The van der Waals surface area contributed by atoms with E-state index in [-0.39, 0.29) is 0 Å². The van der Waals surface area contributed by atoms with Crippen LogP contribution in [0.1, 0.15) is 0 Å². The van der Waals surface area contributed by atoms with E-state index < -0.39 is 0 Å². The molecule has 0 fully saturated rings. The molecule has 0 N–H and O–H groups in total. The molecule has 0 radical (unpaired) electrons. The molecular formula is C19H15ClN5+3. The lowest BCUT2D eigenvalue weighted by Crippen LogP contribution is -2.41. The van der Waals surface area contributed by atoms with Crippen LogP contribution in [0.3, 0.4) is 0 Å². The van der Waals surface area contributed by atoms with Crippen molar-refractivity contribution in [2.45, 2.75) is 0 Å². The molecule has 0 saturated heterocycles. The van der Waals surface area contributed by atoms with Gasteiger partial charge >= 0.3 is 17.6 Å². The third kappa shape index (κ3) is 3.09. The highest BCUT2D eigenvalue weighted by molar-refractivity contribution is 6.33. The second-order valence-corrected chi connectivity index (χ2v) is 5.71. The van der Waals surface area contributed by atoms with Crippen LogP contribution in [0.25, 0.3) is 17.6 Å². The lowest BCUT2D eigenvalue weighted by molar-refractivity contribution is -0.623. The first-order valence-electron chi connectivity index (χ1n) is 7.80. The average Bonchev–Trinajstić information content (AvgIpc) is 2.70. The van der Waals surface area contributed by atoms with Crippen molar-refractivity contribution in [3.63, 3.8) is 0 Å². The van der Waals surface area contributed by atoms with Gasteiger partial charge in [-0.05, 0) is 41.4 Å². The Balaban J connectivity index is 1.98. The van der Waals surface area contributed by atoms with Gasteiger partial charge < -0.3 is 0 Å². The maximum atomic E-state index is 6.66. The Kier molecular flexibility index (Phi) is 4.14. The molecule has 4 aromatic rings. The molecule has 0 saturated carbocycles. The van der Waals surface area contributed by atoms with Crippen molar-refractivity contribution in [3.05, 3.63) is 96.8 Å². The van der Waals surface area contributed by atoms with Gasteiger partial charge in [-0.25, -0.2) is 9.13 Å². The summed E-state index contributed by atoms with van der Waals surface area (Å²) in [5.41, 5.74) is 0. The van der Waals surface area contributed by atoms with E-state index in [2.05, 4.69) is 9.97 Å². The van der Waals surface area contributed by atoms with E-state index in [1.807, 2.05) is 105 Å². The number of rotatable bonds is 3. The van der Waals surface area contributed by atoms with Crippen LogP contribution < -0.4 is 13.7 Å². The summed E-state index contributed by atoms with van der Waals surface area (Å²) >= 11 is 6.66. The van der Waals surface area contributed by atoms with Crippen LogP contribution in [0.4, 0.5) is 0 Å². The highest BCUT2D eigenvalue weighted by atomic mass is 35.5. The minimum Gasteiger partial charge on any atom is -0.209 e. The van der Waals surface area contributed by atoms with Crippen LogP contribution in [0.5, 0.6) is 0 Å². The summed E-state index contributed by atoms with van der Waals surface area (Å²) in [6.45, 7) is 0. The molecule has 0 aromatic carbocycles. The predicted molar refractivity (Wildman–Crippen MR) is 91.6 cm³/mol. The molecule has 0 atom stereocenters. The minimum absolute atomic E-state index is 0.479. The van der Waals surface area contributed by atoms with Gasteiger partial charge in [-0.2, -0.15) is 4.57 Å². The molecule has 0 bridgehead atoms. The molecule has 0 aliphatic carbocycles. The number of pyridine rings is 3. The van der Waals surface area contributed by atoms with Gasteiger partial charge in [0, 0.05) is 4.98 Å². The first kappa shape index (κ1) is 15.4. The van der Waals surface area contributed by atoms with Crippen molar-refractivity contribution >= 4 is 11.6 Å². The van der Waals surface area contributed by atoms with Crippen molar-refractivity contribution in [1.29, 1.82) is 0 Å². The molecule has 0 amide bonds. The van der Waals surface area contributed by atoms with Gasteiger partial charge in [-0.15, -0.1) is 0 Å². The second kappa shape index (κ2) is 6.75. The third-order valence-electron chi connectivity index (χ3n) is 3.67. The predicted octanol–water partition coefficient (Wildman–Crippen LogP) is 1.96. The molecule has 25 heavy (non-hydrogen) atoms. The van der Waals surface area contributed by atoms with Crippen LogP contribution in [-0.4, -0.2) is 9.97 Å². The Hall–Kier alpha value is -3.18. The molecule has 0 aliphatic rings. The molecule has 0 spiro atoms. The highest BCUT2D eigenvalue weighted by Crippen LogP contribution is 2.18. The maximum Gasteiger partial charge on any atom is 0.481 e. The van der Waals surface area contributed by atoms with Crippen LogP contribution in [0, 0.1) is 0 Å². The lowest BCUT2D eigenvalue weighted by atomic mass is 10.4. The lowest BCUT2D eigenvalue weighted by Gasteiger charge is -2.02. The Morgan fingerprint density at radius 2 is 0.880 bits per heavy atom. The second-order valence-electron chi connectivity index (χ2n) is 5.33. The zero-order chi connectivity index (χ0) is 17.1. The normalized spacial score (nSPS) is 10.6. The molecule has 6 heteroatoms. The van der Waals surface area contributed by atoms with Gasteiger partial charge in [0.05, 0.1) is 37.2 Å². The molecule has 0 aliphatic heterocycles. The Morgan fingerprint density at radius 3 is 1.28 bits per heavy atom. The third-order valence-corrected chi connectivity index (χ3v) is 4.01. The van der Waals surface area contributed by atoms with Gasteiger partial charge in [0.15, 0.2) is 0 Å².